The van der Waals surface area contributed by atoms with Gasteiger partial charge in [-0.25, -0.2) is 9.37 Å². The molecule has 0 spiro atoms. The van der Waals surface area contributed by atoms with Crippen molar-refractivity contribution in [3.05, 3.63) is 59.4 Å². The summed E-state index contributed by atoms with van der Waals surface area (Å²) in [4.78, 5) is 5.64. The van der Waals surface area contributed by atoms with E-state index in [0.29, 0.717) is 12.1 Å². The average molecular weight is 394 g/mol. The fourth-order valence-electron chi connectivity index (χ4n) is 2.88. The van der Waals surface area contributed by atoms with Gasteiger partial charge in [0.05, 0.1) is 17.4 Å². The van der Waals surface area contributed by atoms with Crippen LogP contribution >= 0.6 is 12.4 Å². The number of alkyl halides is 3. The highest BCUT2D eigenvalue weighted by Crippen LogP contribution is 2.32. The Morgan fingerprint density at radius 2 is 1.92 bits per heavy atom. The van der Waals surface area contributed by atoms with Crippen LogP contribution in [0.1, 0.15) is 17.5 Å². The monoisotopic (exact) mass is 393 g/mol. The lowest BCUT2D eigenvalue weighted by molar-refractivity contribution is -0.140. The number of pyridine rings is 1. The summed E-state index contributed by atoms with van der Waals surface area (Å²) in [5.74, 6) is -1.82. The second-order valence-corrected chi connectivity index (χ2v) is 5.96. The van der Waals surface area contributed by atoms with Crippen LogP contribution in [-0.2, 0) is 12.7 Å². The molecule has 1 aliphatic heterocycles. The zero-order chi connectivity index (χ0) is 18.0. The van der Waals surface area contributed by atoms with Crippen molar-refractivity contribution in [2.24, 2.45) is 0 Å². The van der Waals surface area contributed by atoms with Crippen molar-refractivity contribution in [1.82, 2.24) is 10.3 Å². The number of nitrogens with zero attached hydrogens (tertiary/aromatic N) is 2. The van der Waals surface area contributed by atoms with Crippen molar-refractivity contribution in [1.29, 1.82) is 0 Å². The molecule has 1 aromatic carbocycles. The topological polar surface area (TPSA) is 28.2 Å². The third kappa shape index (κ3) is 4.82. The fraction of sp³-hybridized carbons (Fsp3) is 0.353. The van der Waals surface area contributed by atoms with Gasteiger partial charge in [0.15, 0.2) is 0 Å². The molecule has 0 aliphatic carbocycles. The molecule has 142 valence electrons. The number of benzene rings is 1. The number of halogens is 6. The van der Waals surface area contributed by atoms with Gasteiger partial charge in [-0.1, -0.05) is 6.07 Å². The van der Waals surface area contributed by atoms with Gasteiger partial charge in [0, 0.05) is 25.7 Å². The van der Waals surface area contributed by atoms with Crippen LogP contribution in [-0.4, -0.2) is 24.1 Å². The summed E-state index contributed by atoms with van der Waals surface area (Å²) < 4.78 is 64.4. The summed E-state index contributed by atoms with van der Waals surface area (Å²) in [6.45, 7) is 1.59. The first kappa shape index (κ1) is 20.4. The van der Waals surface area contributed by atoms with Crippen LogP contribution in [0.2, 0.25) is 0 Å². The number of aromatic nitrogens is 1. The van der Waals surface area contributed by atoms with Crippen LogP contribution in [0, 0.1) is 11.8 Å². The Kier molecular flexibility index (Phi) is 6.41. The van der Waals surface area contributed by atoms with E-state index in [-0.39, 0.29) is 25.0 Å². The highest BCUT2D eigenvalue weighted by molar-refractivity contribution is 5.85. The maximum Gasteiger partial charge on any atom is 0.419 e. The largest absolute Gasteiger partial charge is 0.419 e. The number of hydrogen-bond acceptors (Lipinski definition) is 3. The summed E-state index contributed by atoms with van der Waals surface area (Å²) in [5, 5.41) is 3.18. The highest BCUT2D eigenvalue weighted by Gasteiger charge is 2.34. The summed E-state index contributed by atoms with van der Waals surface area (Å²) >= 11 is 0. The Balaban J connectivity index is 0.00000243. The standard InChI is InChI=1S/C17H16F5N3.ClH/c18-15-3-1-11(7-14(15)17(20,21)22)8-23-12-5-6-25(10-12)13-2-4-16(19)24-9-13;/h1-4,7,9,12,23H,5-6,8,10H2;1H/t12-;/m0./s1. The third-order valence-corrected chi connectivity index (χ3v) is 4.20. The molecule has 26 heavy (non-hydrogen) atoms. The lowest BCUT2D eigenvalue weighted by atomic mass is 10.1. The second kappa shape index (κ2) is 8.18. The molecule has 1 atom stereocenters. The molecule has 2 heterocycles. The Morgan fingerprint density at radius 3 is 2.58 bits per heavy atom. The quantitative estimate of drug-likeness (QED) is 0.624. The minimum absolute atomic E-state index is 0. The molecule has 0 bridgehead atoms. The van der Waals surface area contributed by atoms with Crippen molar-refractivity contribution >= 4 is 18.1 Å². The van der Waals surface area contributed by atoms with Gasteiger partial charge in [-0.05, 0) is 36.2 Å². The minimum atomic E-state index is -4.71. The lowest BCUT2D eigenvalue weighted by Gasteiger charge is -2.19. The van der Waals surface area contributed by atoms with Crippen molar-refractivity contribution in [2.45, 2.75) is 25.2 Å². The van der Waals surface area contributed by atoms with E-state index in [1.807, 2.05) is 4.90 Å². The molecule has 3 rings (SSSR count). The predicted molar refractivity (Wildman–Crippen MR) is 90.3 cm³/mol. The third-order valence-electron chi connectivity index (χ3n) is 4.20. The summed E-state index contributed by atoms with van der Waals surface area (Å²) in [7, 11) is 0. The number of hydrogen-bond donors (Lipinski definition) is 1. The van der Waals surface area contributed by atoms with E-state index in [4.69, 9.17) is 0 Å². The van der Waals surface area contributed by atoms with Gasteiger partial charge < -0.3 is 10.2 Å². The molecular weight excluding hydrogens is 377 g/mol. The molecule has 0 unspecified atom stereocenters. The first-order chi connectivity index (χ1) is 11.8. The van der Waals surface area contributed by atoms with Gasteiger partial charge in [0.25, 0.3) is 0 Å². The molecule has 1 aromatic heterocycles. The Hall–Kier alpha value is -1.93. The lowest BCUT2D eigenvalue weighted by Crippen LogP contribution is -2.32. The normalized spacial score (nSPS) is 17.3. The molecule has 2 aromatic rings. The van der Waals surface area contributed by atoms with Crippen LogP contribution in [0.5, 0.6) is 0 Å². The molecular formula is C17H17ClF5N3. The maximum absolute atomic E-state index is 13.3. The van der Waals surface area contributed by atoms with E-state index in [9.17, 15) is 22.0 Å². The van der Waals surface area contributed by atoms with Gasteiger partial charge >= 0.3 is 6.18 Å². The molecule has 9 heteroatoms. The number of rotatable bonds is 4. The van der Waals surface area contributed by atoms with Crippen molar-refractivity contribution in [2.75, 3.05) is 18.0 Å². The number of anilines is 1. The molecule has 1 saturated heterocycles. The van der Waals surface area contributed by atoms with E-state index in [0.717, 1.165) is 30.8 Å². The van der Waals surface area contributed by atoms with Crippen LogP contribution in [0.3, 0.4) is 0 Å². The smallest absolute Gasteiger partial charge is 0.369 e. The fourth-order valence-corrected chi connectivity index (χ4v) is 2.88. The van der Waals surface area contributed by atoms with Crippen LogP contribution < -0.4 is 10.2 Å². The molecule has 1 N–H and O–H groups in total. The molecule has 3 nitrogen and oxygen atoms in total. The van der Waals surface area contributed by atoms with Gasteiger partial charge in [-0.15, -0.1) is 12.4 Å². The Morgan fingerprint density at radius 1 is 1.15 bits per heavy atom. The molecule has 0 amide bonds. The van der Waals surface area contributed by atoms with E-state index in [1.54, 1.807) is 6.07 Å². The van der Waals surface area contributed by atoms with Crippen molar-refractivity contribution in [3.8, 4) is 0 Å². The SMILES string of the molecule is Cl.Fc1ccc(N2CC[C@H](NCc3ccc(F)c(C(F)(F)F)c3)C2)cn1. The molecule has 0 saturated carbocycles. The van der Waals surface area contributed by atoms with E-state index in [2.05, 4.69) is 10.3 Å². The van der Waals surface area contributed by atoms with Gasteiger partial charge in [0.1, 0.15) is 5.82 Å². The first-order valence-corrected chi connectivity index (χ1v) is 7.78. The van der Waals surface area contributed by atoms with Crippen molar-refractivity contribution < 1.29 is 22.0 Å². The minimum Gasteiger partial charge on any atom is -0.369 e. The second-order valence-electron chi connectivity index (χ2n) is 5.96. The Bertz CT molecular complexity index is 736. The van der Waals surface area contributed by atoms with Crippen LogP contribution in [0.4, 0.5) is 27.6 Å². The van der Waals surface area contributed by atoms with E-state index < -0.39 is 23.5 Å². The summed E-state index contributed by atoms with van der Waals surface area (Å²) in [5.41, 5.74) is -0.0836. The first-order valence-electron chi connectivity index (χ1n) is 7.78. The molecule has 1 aliphatic rings. The number of nitrogens with one attached hydrogen (secondary N) is 1. The maximum atomic E-state index is 13.3. The van der Waals surface area contributed by atoms with E-state index in [1.165, 1.54) is 18.3 Å². The summed E-state index contributed by atoms with van der Waals surface area (Å²) in [6.07, 6.45) is -2.46. The zero-order valence-electron chi connectivity index (χ0n) is 13.6. The zero-order valence-corrected chi connectivity index (χ0v) is 14.4. The van der Waals surface area contributed by atoms with E-state index >= 15 is 0 Å². The van der Waals surface area contributed by atoms with Gasteiger partial charge in [0.2, 0.25) is 5.95 Å². The molecule has 1 fully saturated rings. The van der Waals surface area contributed by atoms with Gasteiger partial charge in [-0.3, -0.25) is 0 Å². The van der Waals surface area contributed by atoms with Crippen LogP contribution in [0.15, 0.2) is 36.5 Å². The highest BCUT2D eigenvalue weighted by atomic mass is 35.5. The van der Waals surface area contributed by atoms with Gasteiger partial charge in [-0.2, -0.15) is 17.6 Å². The van der Waals surface area contributed by atoms with Crippen LogP contribution in [0.25, 0.3) is 0 Å². The predicted octanol–water partition coefficient (Wildman–Crippen LogP) is 4.17. The average Bonchev–Trinajstić information content (AvgIpc) is 3.02. The van der Waals surface area contributed by atoms with Crippen molar-refractivity contribution in [3.63, 3.8) is 0 Å². The molecule has 0 radical (unpaired) electrons. The Labute approximate surface area is 153 Å². The summed E-state index contributed by atoms with van der Waals surface area (Å²) in [6, 6.07) is 6.01.